The molecule has 0 radical (unpaired) electrons. The van der Waals surface area contributed by atoms with Gasteiger partial charge in [0.15, 0.2) is 0 Å². The maximum Gasteiger partial charge on any atom is 0.0994 e. The zero-order valence-electron chi connectivity index (χ0n) is 11.2. The Morgan fingerprint density at radius 3 is 2.61 bits per heavy atom. The van der Waals surface area contributed by atoms with E-state index in [0.717, 1.165) is 25.1 Å². The molecule has 2 rings (SSSR count). The van der Waals surface area contributed by atoms with Crippen LogP contribution in [0.5, 0.6) is 0 Å². The van der Waals surface area contributed by atoms with Crippen molar-refractivity contribution in [1.29, 1.82) is 0 Å². The molecule has 18 heavy (non-hydrogen) atoms. The summed E-state index contributed by atoms with van der Waals surface area (Å²) in [5, 5.41) is 20.3. The molecule has 0 bridgehead atoms. The lowest BCUT2D eigenvalue weighted by atomic mass is 9.92. The van der Waals surface area contributed by atoms with E-state index in [9.17, 15) is 10.2 Å². The normalized spacial score (nSPS) is 28.9. The highest BCUT2D eigenvalue weighted by molar-refractivity contribution is 5.21. The Bertz CT molecular complexity index is 377. The molecule has 0 saturated carbocycles. The van der Waals surface area contributed by atoms with Crippen LogP contribution >= 0.6 is 0 Å². The molecule has 1 aliphatic heterocycles. The van der Waals surface area contributed by atoms with Crippen molar-refractivity contribution in [3.05, 3.63) is 35.9 Å². The smallest absolute Gasteiger partial charge is 0.0994 e. The number of hydrogen-bond donors (Lipinski definition) is 2. The minimum Gasteiger partial charge on any atom is -0.393 e. The Labute approximate surface area is 109 Å². The number of likely N-dealkylation sites (tertiary alicyclic amines) is 1. The third kappa shape index (κ3) is 3.10. The molecule has 1 aliphatic rings. The van der Waals surface area contributed by atoms with Crippen LogP contribution < -0.4 is 0 Å². The van der Waals surface area contributed by atoms with E-state index in [4.69, 9.17) is 0 Å². The Morgan fingerprint density at radius 1 is 1.33 bits per heavy atom. The molecule has 3 unspecified atom stereocenters. The molecule has 0 spiro atoms. The molecule has 0 aromatic heterocycles. The van der Waals surface area contributed by atoms with E-state index in [0.29, 0.717) is 6.54 Å². The number of aliphatic hydroxyl groups is 2. The molecule has 0 aliphatic carbocycles. The Morgan fingerprint density at radius 2 is 2.00 bits per heavy atom. The second-order valence-electron chi connectivity index (χ2n) is 5.71. The van der Waals surface area contributed by atoms with Crippen molar-refractivity contribution in [2.45, 2.75) is 32.0 Å². The summed E-state index contributed by atoms with van der Waals surface area (Å²) in [7, 11) is 0. The van der Waals surface area contributed by atoms with E-state index >= 15 is 0 Å². The monoisotopic (exact) mass is 249 g/mol. The topological polar surface area (TPSA) is 43.7 Å². The van der Waals surface area contributed by atoms with Crippen LogP contribution in [0.4, 0.5) is 0 Å². The van der Waals surface area contributed by atoms with Crippen LogP contribution in [0.15, 0.2) is 30.3 Å². The van der Waals surface area contributed by atoms with Crippen LogP contribution in [0.3, 0.4) is 0 Å². The van der Waals surface area contributed by atoms with Crippen LogP contribution in [0.2, 0.25) is 0 Å². The molecular weight excluding hydrogens is 226 g/mol. The summed E-state index contributed by atoms with van der Waals surface area (Å²) in [6.07, 6.45) is 0.606. The van der Waals surface area contributed by atoms with E-state index in [1.807, 2.05) is 37.3 Å². The van der Waals surface area contributed by atoms with Crippen molar-refractivity contribution in [3.8, 4) is 0 Å². The molecular formula is C15H23NO2. The van der Waals surface area contributed by atoms with Crippen molar-refractivity contribution in [3.63, 3.8) is 0 Å². The summed E-state index contributed by atoms with van der Waals surface area (Å²) >= 11 is 0. The van der Waals surface area contributed by atoms with Gasteiger partial charge in [-0.1, -0.05) is 37.3 Å². The third-order valence-corrected chi connectivity index (χ3v) is 3.87. The summed E-state index contributed by atoms with van der Waals surface area (Å²) in [5.74, 6) is 0.283. The Hall–Kier alpha value is -0.900. The van der Waals surface area contributed by atoms with E-state index in [-0.39, 0.29) is 12.0 Å². The van der Waals surface area contributed by atoms with Gasteiger partial charge >= 0.3 is 0 Å². The molecule has 1 heterocycles. The summed E-state index contributed by atoms with van der Waals surface area (Å²) in [6, 6.07) is 9.78. The zero-order chi connectivity index (χ0) is 13.2. The Kier molecular flexibility index (Phi) is 4.05. The summed E-state index contributed by atoms with van der Waals surface area (Å²) in [4.78, 5) is 2.24. The van der Waals surface area contributed by atoms with E-state index < -0.39 is 5.60 Å². The highest BCUT2D eigenvalue weighted by Gasteiger charge is 2.30. The number of rotatable bonds is 3. The predicted molar refractivity (Wildman–Crippen MR) is 72.2 cm³/mol. The first-order chi connectivity index (χ1) is 8.49. The van der Waals surface area contributed by atoms with E-state index in [1.165, 1.54) is 0 Å². The van der Waals surface area contributed by atoms with Crippen molar-refractivity contribution < 1.29 is 10.2 Å². The third-order valence-electron chi connectivity index (χ3n) is 3.87. The molecule has 1 saturated heterocycles. The molecule has 100 valence electrons. The first-order valence-electron chi connectivity index (χ1n) is 6.67. The molecule has 2 N–H and O–H groups in total. The molecule has 0 amide bonds. The molecule has 1 aromatic carbocycles. The first-order valence-corrected chi connectivity index (χ1v) is 6.67. The minimum absolute atomic E-state index is 0.192. The number of nitrogens with zero attached hydrogens (tertiary/aromatic N) is 1. The van der Waals surface area contributed by atoms with Crippen molar-refractivity contribution in [2.75, 3.05) is 19.6 Å². The van der Waals surface area contributed by atoms with Gasteiger partial charge in [0.05, 0.1) is 11.7 Å². The van der Waals surface area contributed by atoms with Gasteiger partial charge in [0.25, 0.3) is 0 Å². The number of hydrogen-bond acceptors (Lipinski definition) is 3. The lowest BCUT2D eigenvalue weighted by molar-refractivity contribution is -0.0233. The van der Waals surface area contributed by atoms with Gasteiger partial charge in [-0.15, -0.1) is 0 Å². The molecule has 3 nitrogen and oxygen atoms in total. The van der Waals surface area contributed by atoms with Gasteiger partial charge in [0, 0.05) is 19.6 Å². The van der Waals surface area contributed by atoms with Gasteiger partial charge < -0.3 is 10.2 Å². The molecule has 3 atom stereocenters. The Balaban J connectivity index is 2.00. The predicted octanol–water partition coefficient (Wildman–Crippen LogP) is 1.60. The van der Waals surface area contributed by atoms with E-state index in [1.54, 1.807) is 0 Å². The van der Waals surface area contributed by atoms with Gasteiger partial charge in [-0.05, 0) is 24.8 Å². The summed E-state index contributed by atoms with van der Waals surface area (Å²) in [6.45, 7) is 6.25. The second kappa shape index (κ2) is 5.39. The molecule has 1 aromatic rings. The lowest BCUT2D eigenvalue weighted by Crippen LogP contribution is -2.47. The quantitative estimate of drug-likeness (QED) is 0.855. The number of piperidine rings is 1. The summed E-state index contributed by atoms with van der Waals surface area (Å²) in [5.41, 5.74) is 0.118. The van der Waals surface area contributed by atoms with Gasteiger partial charge in [-0.3, -0.25) is 4.90 Å². The first kappa shape index (κ1) is 13.5. The van der Waals surface area contributed by atoms with Crippen LogP contribution in [0.1, 0.15) is 25.8 Å². The van der Waals surface area contributed by atoms with Crippen molar-refractivity contribution >= 4 is 0 Å². The van der Waals surface area contributed by atoms with Crippen molar-refractivity contribution in [2.24, 2.45) is 5.92 Å². The van der Waals surface area contributed by atoms with Crippen LogP contribution in [-0.2, 0) is 5.60 Å². The second-order valence-corrected chi connectivity index (χ2v) is 5.71. The highest BCUT2D eigenvalue weighted by atomic mass is 16.3. The van der Waals surface area contributed by atoms with Gasteiger partial charge in [-0.25, -0.2) is 0 Å². The fourth-order valence-electron chi connectivity index (χ4n) is 2.69. The van der Waals surface area contributed by atoms with Crippen molar-refractivity contribution in [1.82, 2.24) is 4.90 Å². The minimum atomic E-state index is -0.830. The average molecular weight is 249 g/mol. The maximum absolute atomic E-state index is 10.6. The summed E-state index contributed by atoms with van der Waals surface area (Å²) < 4.78 is 0. The van der Waals surface area contributed by atoms with Gasteiger partial charge in [0.1, 0.15) is 0 Å². The number of benzene rings is 1. The molecule has 1 fully saturated rings. The van der Waals surface area contributed by atoms with Crippen LogP contribution in [0, 0.1) is 5.92 Å². The SMILES string of the molecule is CC1CN(CC(C)(O)c2ccccc2)CCC1O. The molecule has 3 heteroatoms. The van der Waals surface area contributed by atoms with Gasteiger partial charge in [0.2, 0.25) is 0 Å². The zero-order valence-corrected chi connectivity index (χ0v) is 11.2. The number of β-amino-alcohol motifs (C(OH)–C–C–N with tert-alkyl or cyclic N) is 1. The van der Waals surface area contributed by atoms with E-state index in [2.05, 4.69) is 11.8 Å². The van der Waals surface area contributed by atoms with Gasteiger partial charge in [-0.2, -0.15) is 0 Å². The van der Waals surface area contributed by atoms with Crippen LogP contribution in [0.25, 0.3) is 0 Å². The lowest BCUT2D eigenvalue weighted by Gasteiger charge is -2.38. The van der Waals surface area contributed by atoms with Crippen LogP contribution in [-0.4, -0.2) is 40.9 Å². The largest absolute Gasteiger partial charge is 0.393 e. The number of aliphatic hydroxyl groups excluding tert-OH is 1. The highest BCUT2D eigenvalue weighted by Crippen LogP contribution is 2.24. The fourth-order valence-corrected chi connectivity index (χ4v) is 2.69. The fraction of sp³-hybridized carbons (Fsp3) is 0.600. The average Bonchev–Trinajstić information content (AvgIpc) is 2.35. The maximum atomic E-state index is 10.6. The standard InChI is InChI=1S/C15H23NO2/c1-12-10-16(9-8-14(12)17)11-15(2,18)13-6-4-3-5-7-13/h3-7,12,14,17-18H,8-11H2,1-2H3.